The van der Waals surface area contributed by atoms with Crippen LogP contribution in [0.1, 0.15) is 24.0 Å². The van der Waals surface area contributed by atoms with Crippen LogP contribution in [0.4, 0.5) is 13.2 Å². The van der Waals surface area contributed by atoms with Gasteiger partial charge in [0.2, 0.25) is 5.91 Å². The fourth-order valence-electron chi connectivity index (χ4n) is 3.42. The van der Waals surface area contributed by atoms with Crippen molar-refractivity contribution in [2.45, 2.75) is 25.4 Å². The van der Waals surface area contributed by atoms with Crippen LogP contribution < -0.4 is 0 Å². The number of benzene rings is 1. The molecule has 1 atom stereocenters. The van der Waals surface area contributed by atoms with Crippen LogP contribution in [0.5, 0.6) is 0 Å². The fraction of sp³-hybridized carbons (Fsp3) is 0.632. The summed E-state index contributed by atoms with van der Waals surface area (Å²) in [5.41, 5.74) is 0.134. The fourth-order valence-corrected chi connectivity index (χ4v) is 3.88. The van der Waals surface area contributed by atoms with Gasteiger partial charge in [0.1, 0.15) is 0 Å². The maximum Gasteiger partial charge on any atom is 0.416 e. The van der Waals surface area contributed by atoms with Gasteiger partial charge in [-0.2, -0.15) is 24.9 Å². The van der Waals surface area contributed by atoms with E-state index in [-0.39, 0.29) is 5.91 Å². The Morgan fingerprint density at radius 2 is 2.15 bits per heavy atom. The zero-order valence-electron chi connectivity index (χ0n) is 15.4. The summed E-state index contributed by atoms with van der Waals surface area (Å²) in [5, 5.41) is 0. The number of alkyl halides is 3. The third-order valence-corrected chi connectivity index (χ3v) is 5.34. The number of halogens is 3. The molecule has 0 bridgehead atoms. The standard InChI is InChI=1S/C19H27F3N2OS/c1-23(18(25)14-26-2)12-16-6-4-9-24(13-16)10-8-15-5-3-7-17(11-15)19(20,21)22/h3,5,7,11,16H,4,6,8-10,12-14H2,1-2H3/t16-/m1/s1. The third-order valence-electron chi connectivity index (χ3n) is 4.80. The Kier molecular flexibility index (Phi) is 7.83. The lowest BCUT2D eigenvalue weighted by Gasteiger charge is -2.34. The van der Waals surface area contributed by atoms with Gasteiger partial charge in [-0.1, -0.05) is 18.2 Å². The highest BCUT2D eigenvalue weighted by atomic mass is 32.2. The smallest absolute Gasteiger partial charge is 0.345 e. The minimum atomic E-state index is -4.29. The molecule has 0 aliphatic carbocycles. The van der Waals surface area contributed by atoms with Gasteiger partial charge in [-0.25, -0.2) is 0 Å². The SMILES string of the molecule is CSCC(=O)N(C)C[C@H]1CCCN(CCc2cccc(C(F)(F)F)c2)C1. The first-order chi connectivity index (χ1) is 12.3. The molecular weight excluding hydrogens is 361 g/mol. The minimum Gasteiger partial charge on any atom is -0.345 e. The summed E-state index contributed by atoms with van der Waals surface area (Å²) < 4.78 is 38.4. The highest BCUT2D eigenvalue weighted by molar-refractivity contribution is 7.99. The molecule has 7 heteroatoms. The number of amides is 1. The van der Waals surface area contributed by atoms with Crippen LogP contribution in [0, 0.1) is 5.92 Å². The van der Waals surface area contributed by atoms with Gasteiger partial charge in [-0.3, -0.25) is 4.79 Å². The summed E-state index contributed by atoms with van der Waals surface area (Å²) in [5.74, 6) is 1.09. The second-order valence-corrected chi connectivity index (χ2v) is 7.83. The number of nitrogens with zero attached hydrogens (tertiary/aromatic N) is 2. The van der Waals surface area contributed by atoms with Crippen LogP contribution in [0.3, 0.4) is 0 Å². The molecule has 1 aliphatic heterocycles. The molecule has 146 valence electrons. The molecule has 0 N–H and O–H groups in total. The Balaban J connectivity index is 1.84. The third kappa shape index (κ3) is 6.50. The van der Waals surface area contributed by atoms with Crippen LogP contribution in [0.2, 0.25) is 0 Å². The van der Waals surface area contributed by atoms with Crippen molar-refractivity contribution < 1.29 is 18.0 Å². The van der Waals surface area contributed by atoms with Crippen molar-refractivity contribution in [3.05, 3.63) is 35.4 Å². The molecule has 1 saturated heterocycles. The molecule has 26 heavy (non-hydrogen) atoms. The van der Waals surface area contributed by atoms with Crippen molar-refractivity contribution in [2.24, 2.45) is 5.92 Å². The van der Waals surface area contributed by atoms with E-state index in [0.717, 1.165) is 45.1 Å². The van der Waals surface area contributed by atoms with E-state index in [2.05, 4.69) is 4.90 Å². The average Bonchev–Trinajstić information content (AvgIpc) is 2.60. The van der Waals surface area contributed by atoms with Crippen LogP contribution >= 0.6 is 11.8 Å². The number of hydrogen-bond acceptors (Lipinski definition) is 3. The Hall–Kier alpha value is -1.21. The lowest BCUT2D eigenvalue weighted by molar-refractivity contribution is -0.137. The van der Waals surface area contributed by atoms with Crippen molar-refractivity contribution in [3.8, 4) is 0 Å². The average molecular weight is 388 g/mol. The van der Waals surface area contributed by atoms with Gasteiger partial charge in [-0.15, -0.1) is 0 Å². The topological polar surface area (TPSA) is 23.6 Å². The summed E-state index contributed by atoms with van der Waals surface area (Å²) >= 11 is 1.53. The van der Waals surface area contributed by atoms with E-state index < -0.39 is 11.7 Å². The summed E-state index contributed by atoms with van der Waals surface area (Å²) in [4.78, 5) is 16.0. The molecule has 1 amide bonds. The molecule has 2 rings (SSSR count). The van der Waals surface area contributed by atoms with Gasteiger partial charge in [0.05, 0.1) is 11.3 Å². The minimum absolute atomic E-state index is 0.151. The number of rotatable bonds is 7. The molecule has 3 nitrogen and oxygen atoms in total. The van der Waals surface area contributed by atoms with Crippen LogP contribution in [-0.4, -0.2) is 60.9 Å². The highest BCUT2D eigenvalue weighted by Gasteiger charge is 2.30. The molecule has 1 heterocycles. The van der Waals surface area contributed by atoms with Gasteiger partial charge >= 0.3 is 6.18 Å². The van der Waals surface area contributed by atoms with Gasteiger partial charge in [0, 0.05) is 26.7 Å². The van der Waals surface area contributed by atoms with E-state index in [1.54, 1.807) is 11.0 Å². The number of carbonyl (C=O) groups is 1. The Morgan fingerprint density at radius 1 is 1.38 bits per heavy atom. The monoisotopic (exact) mass is 388 g/mol. The van der Waals surface area contributed by atoms with Crippen molar-refractivity contribution in [1.82, 2.24) is 9.80 Å². The van der Waals surface area contributed by atoms with E-state index in [1.807, 2.05) is 13.3 Å². The van der Waals surface area contributed by atoms with Gasteiger partial charge in [0.15, 0.2) is 0 Å². The number of piperidine rings is 1. The van der Waals surface area contributed by atoms with Crippen molar-refractivity contribution in [2.75, 3.05) is 45.2 Å². The molecule has 0 unspecified atom stereocenters. The summed E-state index contributed by atoms with van der Waals surface area (Å²) in [6.45, 7) is 3.37. The zero-order valence-corrected chi connectivity index (χ0v) is 16.2. The molecule has 0 radical (unpaired) electrons. The molecular formula is C19H27F3N2OS. The van der Waals surface area contributed by atoms with Crippen molar-refractivity contribution in [3.63, 3.8) is 0 Å². The first-order valence-corrected chi connectivity index (χ1v) is 10.3. The van der Waals surface area contributed by atoms with Crippen LogP contribution in [-0.2, 0) is 17.4 Å². The molecule has 0 saturated carbocycles. The van der Waals surface area contributed by atoms with E-state index in [1.165, 1.54) is 23.9 Å². The second-order valence-electron chi connectivity index (χ2n) is 6.96. The van der Waals surface area contributed by atoms with E-state index in [4.69, 9.17) is 0 Å². The lowest BCUT2D eigenvalue weighted by atomic mass is 9.97. The lowest BCUT2D eigenvalue weighted by Crippen LogP contribution is -2.42. The van der Waals surface area contributed by atoms with E-state index >= 15 is 0 Å². The van der Waals surface area contributed by atoms with Gasteiger partial charge in [0.25, 0.3) is 0 Å². The Bertz CT molecular complexity index is 594. The first-order valence-electron chi connectivity index (χ1n) is 8.91. The molecule has 0 spiro atoms. The molecule has 1 aromatic carbocycles. The summed E-state index contributed by atoms with van der Waals surface area (Å²) in [7, 11) is 1.85. The zero-order chi connectivity index (χ0) is 19.2. The predicted octanol–water partition coefficient (Wildman–Crippen LogP) is 3.78. The van der Waals surface area contributed by atoms with Gasteiger partial charge < -0.3 is 9.80 Å². The quantitative estimate of drug-likeness (QED) is 0.710. The van der Waals surface area contributed by atoms with Crippen LogP contribution in [0.25, 0.3) is 0 Å². The highest BCUT2D eigenvalue weighted by Crippen LogP contribution is 2.29. The summed E-state index contributed by atoms with van der Waals surface area (Å²) in [6, 6.07) is 5.59. The number of hydrogen-bond donors (Lipinski definition) is 0. The molecule has 1 aromatic rings. The van der Waals surface area contributed by atoms with E-state index in [9.17, 15) is 18.0 Å². The number of carbonyl (C=O) groups excluding carboxylic acids is 1. The molecule has 0 aromatic heterocycles. The Morgan fingerprint density at radius 3 is 2.85 bits per heavy atom. The number of thioether (sulfide) groups is 1. The maximum absolute atomic E-state index is 12.8. The second kappa shape index (κ2) is 9.65. The molecule has 1 fully saturated rings. The normalized spacial score (nSPS) is 18.7. The predicted molar refractivity (Wildman–Crippen MR) is 100 cm³/mol. The van der Waals surface area contributed by atoms with Gasteiger partial charge in [-0.05, 0) is 49.6 Å². The number of likely N-dealkylation sites (tertiary alicyclic amines) is 1. The summed E-state index contributed by atoms with van der Waals surface area (Å²) in [6.07, 6.45) is 0.397. The first kappa shape index (κ1) is 21.1. The molecule has 1 aliphatic rings. The van der Waals surface area contributed by atoms with Crippen LogP contribution in [0.15, 0.2) is 24.3 Å². The largest absolute Gasteiger partial charge is 0.416 e. The maximum atomic E-state index is 12.8. The van der Waals surface area contributed by atoms with Crippen molar-refractivity contribution in [1.29, 1.82) is 0 Å². The Labute approximate surface area is 157 Å². The van der Waals surface area contributed by atoms with Crippen molar-refractivity contribution >= 4 is 17.7 Å². The van der Waals surface area contributed by atoms with E-state index in [0.29, 0.717) is 23.7 Å².